The maximum absolute atomic E-state index is 12.6. The van der Waals surface area contributed by atoms with Crippen molar-refractivity contribution in [1.29, 1.82) is 0 Å². The fraction of sp³-hybridized carbons (Fsp3) is 1.00. The van der Waals surface area contributed by atoms with Gasteiger partial charge in [0.2, 0.25) is 0 Å². The first-order valence-electron chi connectivity index (χ1n) is 15.3. The molecular formula is C32H54O2. The maximum Gasteiger partial charge on any atom is 0.0964 e. The average Bonchev–Trinajstić information content (AvgIpc) is 3.51. The van der Waals surface area contributed by atoms with Gasteiger partial charge in [-0.25, -0.2) is 0 Å². The van der Waals surface area contributed by atoms with E-state index in [1.165, 1.54) is 38.5 Å². The van der Waals surface area contributed by atoms with Crippen molar-refractivity contribution in [3.05, 3.63) is 0 Å². The predicted molar refractivity (Wildman–Crippen MR) is 139 cm³/mol. The predicted octanol–water partition coefficient (Wildman–Crippen LogP) is 7.47. The number of hydrogen-bond donors (Lipinski definition) is 2. The molecule has 6 rings (SSSR count). The van der Waals surface area contributed by atoms with Crippen LogP contribution in [0, 0.1) is 70.0 Å². The third-order valence-corrected chi connectivity index (χ3v) is 14.7. The monoisotopic (exact) mass is 470 g/mol. The van der Waals surface area contributed by atoms with Crippen LogP contribution in [0.2, 0.25) is 0 Å². The molecule has 4 bridgehead atoms. The lowest BCUT2D eigenvalue weighted by Gasteiger charge is -2.57. The smallest absolute Gasteiger partial charge is 0.0964 e. The zero-order valence-electron chi connectivity index (χ0n) is 23.2. The fourth-order valence-electron chi connectivity index (χ4n) is 11.8. The van der Waals surface area contributed by atoms with Gasteiger partial charge in [0.15, 0.2) is 0 Å². The van der Waals surface area contributed by atoms with Crippen LogP contribution in [-0.2, 0) is 0 Å². The Morgan fingerprint density at radius 3 is 1.76 bits per heavy atom. The summed E-state index contributed by atoms with van der Waals surface area (Å²) in [4.78, 5) is 0. The second kappa shape index (κ2) is 7.72. The van der Waals surface area contributed by atoms with E-state index >= 15 is 0 Å². The molecular weight excluding hydrogens is 416 g/mol. The van der Waals surface area contributed by atoms with E-state index in [0.29, 0.717) is 28.6 Å². The molecule has 34 heavy (non-hydrogen) atoms. The molecule has 0 amide bonds. The molecule has 6 aliphatic rings. The van der Waals surface area contributed by atoms with Gasteiger partial charge in [0.25, 0.3) is 0 Å². The van der Waals surface area contributed by atoms with Crippen molar-refractivity contribution in [1.82, 2.24) is 0 Å². The summed E-state index contributed by atoms with van der Waals surface area (Å²) >= 11 is 0. The summed E-state index contributed by atoms with van der Waals surface area (Å²) < 4.78 is 0. The van der Waals surface area contributed by atoms with Crippen LogP contribution >= 0.6 is 0 Å². The van der Waals surface area contributed by atoms with E-state index < -0.39 is 11.2 Å². The van der Waals surface area contributed by atoms with Crippen molar-refractivity contribution in [3.8, 4) is 0 Å². The molecule has 12 unspecified atom stereocenters. The third-order valence-electron chi connectivity index (χ3n) is 14.7. The van der Waals surface area contributed by atoms with Gasteiger partial charge in [-0.05, 0) is 128 Å². The lowest BCUT2D eigenvalue weighted by atomic mass is 9.52. The molecule has 6 saturated carbocycles. The van der Waals surface area contributed by atoms with E-state index in [4.69, 9.17) is 0 Å². The highest BCUT2D eigenvalue weighted by Crippen LogP contribution is 2.67. The van der Waals surface area contributed by atoms with Gasteiger partial charge >= 0.3 is 0 Å². The van der Waals surface area contributed by atoms with Gasteiger partial charge in [-0.3, -0.25) is 0 Å². The molecule has 0 aliphatic heterocycles. The second-order valence-corrected chi connectivity index (χ2v) is 15.9. The Kier molecular flexibility index (Phi) is 5.51. The first-order valence-corrected chi connectivity index (χ1v) is 15.3. The van der Waals surface area contributed by atoms with Crippen molar-refractivity contribution < 1.29 is 10.2 Å². The van der Waals surface area contributed by atoms with Crippen LogP contribution in [0.5, 0.6) is 0 Å². The number of aliphatic hydroxyl groups is 2. The molecule has 2 N–H and O–H groups in total. The van der Waals surface area contributed by atoms with Crippen molar-refractivity contribution in [2.24, 2.45) is 70.0 Å². The molecule has 0 aromatic carbocycles. The summed E-state index contributed by atoms with van der Waals surface area (Å²) in [6.45, 7) is 15.0. The summed E-state index contributed by atoms with van der Waals surface area (Å²) in [6, 6.07) is 0. The topological polar surface area (TPSA) is 40.5 Å². The quantitative estimate of drug-likeness (QED) is 0.449. The molecule has 0 aromatic rings. The fourth-order valence-corrected chi connectivity index (χ4v) is 11.8. The molecule has 2 nitrogen and oxygen atoms in total. The van der Waals surface area contributed by atoms with E-state index in [-0.39, 0.29) is 0 Å². The van der Waals surface area contributed by atoms with Crippen LogP contribution in [0.3, 0.4) is 0 Å². The summed E-state index contributed by atoms with van der Waals surface area (Å²) in [7, 11) is 0. The van der Waals surface area contributed by atoms with Crippen LogP contribution in [0.25, 0.3) is 0 Å². The van der Waals surface area contributed by atoms with Crippen LogP contribution < -0.4 is 0 Å². The Balaban J connectivity index is 1.24. The molecule has 2 heteroatoms. The minimum atomic E-state index is -0.859. The summed E-state index contributed by atoms with van der Waals surface area (Å²) in [6.07, 6.45) is 13.9. The van der Waals surface area contributed by atoms with Crippen LogP contribution in [0.1, 0.15) is 119 Å². The third kappa shape index (κ3) is 3.12. The molecule has 12 atom stereocenters. The number of hydrogen-bond acceptors (Lipinski definition) is 2. The molecule has 0 heterocycles. The van der Waals surface area contributed by atoms with E-state index in [1.54, 1.807) is 0 Å². The van der Waals surface area contributed by atoms with E-state index in [2.05, 4.69) is 41.5 Å². The largest absolute Gasteiger partial charge is 0.387 e. The van der Waals surface area contributed by atoms with Crippen molar-refractivity contribution in [2.45, 2.75) is 130 Å². The Labute approximate surface area is 210 Å². The minimum absolute atomic E-state index is 0.316. The van der Waals surface area contributed by atoms with E-state index in [1.807, 2.05) is 0 Å². The van der Waals surface area contributed by atoms with Crippen LogP contribution in [0.4, 0.5) is 0 Å². The van der Waals surface area contributed by atoms with Gasteiger partial charge < -0.3 is 10.2 Å². The van der Waals surface area contributed by atoms with E-state index in [0.717, 1.165) is 80.0 Å². The Hall–Kier alpha value is -0.0800. The van der Waals surface area contributed by atoms with Gasteiger partial charge in [-0.15, -0.1) is 0 Å². The first-order chi connectivity index (χ1) is 15.9. The number of rotatable bonds is 3. The van der Waals surface area contributed by atoms with Crippen molar-refractivity contribution in [3.63, 3.8) is 0 Å². The van der Waals surface area contributed by atoms with Crippen LogP contribution in [-0.4, -0.2) is 21.4 Å². The molecule has 0 radical (unpaired) electrons. The average molecular weight is 471 g/mol. The lowest BCUT2D eigenvalue weighted by molar-refractivity contribution is -0.232. The second-order valence-electron chi connectivity index (χ2n) is 15.9. The van der Waals surface area contributed by atoms with Crippen LogP contribution in [0.15, 0.2) is 0 Å². The lowest BCUT2D eigenvalue weighted by Crippen LogP contribution is -2.64. The standard InChI is InChI=1S/C32H54O2/c1-19-24-14-22(29(19,3)4)16-26(24)21-10-9-12-31(33,18-21)32(34)13-8-7-11-28(32)27-17-23-15-25(27)20(2)30(23,5)6/h19-28,33-34H,7-18H2,1-6H3. The molecule has 0 saturated heterocycles. The normalized spacial score (nSPS) is 57.9. The molecule has 0 aromatic heterocycles. The zero-order chi connectivity index (χ0) is 24.3. The van der Waals surface area contributed by atoms with Gasteiger partial charge in [0.05, 0.1) is 11.2 Å². The molecule has 0 spiro atoms. The highest BCUT2D eigenvalue weighted by molar-refractivity contribution is 5.15. The van der Waals surface area contributed by atoms with E-state index in [9.17, 15) is 10.2 Å². The molecule has 6 aliphatic carbocycles. The molecule has 6 fully saturated rings. The van der Waals surface area contributed by atoms with Gasteiger partial charge in [-0.2, -0.15) is 0 Å². The van der Waals surface area contributed by atoms with Gasteiger partial charge in [0, 0.05) is 0 Å². The number of fused-ring (bicyclic) bond motifs is 4. The minimum Gasteiger partial charge on any atom is -0.387 e. The highest BCUT2D eigenvalue weighted by atomic mass is 16.4. The maximum atomic E-state index is 12.6. The van der Waals surface area contributed by atoms with Crippen molar-refractivity contribution in [2.75, 3.05) is 0 Å². The first kappa shape index (κ1) is 24.3. The van der Waals surface area contributed by atoms with Crippen molar-refractivity contribution >= 4 is 0 Å². The Bertz CT molecular complexity index is 793. The Morgan fingerprint density at radius 1 is 0.618 bits per heavy atom. The molecule has 194 valence electrons. The van der Waals surface area contributed by atoms with Gasteiger partial charge in [0.1, 0.15) is 0 Å². The van der Waals surface area contributed by atoms with Gasteiger partial charge in [-0.1, -0.05) is 60.8 Å². The summed E-state index contributed by atoms with van der Waals surface area (Å²) in [5, 5.41) is 25.0. The Morgan fingerprint density at radius 2 is 1.18 bits per heavy atom. The summed E-state index contributed by atoms with van der Waals surface area (Å²) in [5.74, 6) is 7.19. The summed E-state index contributed by atoms with van der Waals surface area (Å²) in [5.41, 5.74) is -0.772. The SMILES string of the molecule is CC1C2CC(CC2C2CCCC(O)(C3(O)CCCCC3C3CC4CC3C(C)C4(C)C)C2)C1(C)C. The highest BCUT2D eigenvalue weighted by Gasteiger charge is 2.64. The zero-order valence-corrected chi connectivity index (χ0v) is 23.2.